The summed E-state index contributed by atoms with van der Waals surface area (Å²) in [6.45, 7) is 4.47. The average Bonchev–Trinajstić information content (AvgIpc) is 3.25. The Hall–Kier alpha value is -2.92. The lowest BCUT2D eigenvalue weighted by Gasteiger charge is -2.38. The molecule has 4 atom stereocenters. The number of benzene rings is 2. The minimum atomic E-state index is -0.736. The summed E-state index contributed by atoms with van der Waals surface area (Å²) in [4.78, 5) is 44.2. The summed E-state index contributed by atoms with van der Waals surface area (Å²) in [5, 5.41) is 0.545. The van der Waals surface area contributed by atoms with Crippen LogP contribution in [0.4, 0.5) is 5.69 Å². The highest BCUT2D eigenvalue weighted by Crippen LogP contribution is 2.50. The molecule has 5 rings (SSSR count). The lowest BCUT2D eigenvalue weighted by atomic mass is 9.85. The first-order valence-corrected chi connectivity index (χ1v) is 11.5. The van der Waals surface area contributed by atoms with Gasteiger partial charge in [-0.05, 0) is 49.2 Å². The number of amides is 2. The predicted octanol–water partition coefficient (Wildman–Crippen LogP) is 4.60. The van der Waals surface area contributed by atoms with Crippen molar-refractivity contribution in [3.63, 3.8) is 0 Å². The quantitative estimate of drug-likeness (QED) is 0.495. The Balaban J connectivity index is 1.64. The van der Waals surface area contributed by atoms with Crippen LogP contribution in [0.15, 0.2) is 54.6 Å². The molecule has 3 heterocycles. The van der Waals surface area contributed by atoms with Gasteiger partial charge in [0.05, 0.1) is 17.9 Å². The van der Waals surface area contributed by atoms with E-state index in [1.54, 1.807) is 24.3 Å². The molecule has 0 unspecified atom stereocenters. The Morgan fingerprint density at radius 2 is 1.69 bits per heavy atom. The number of ketones is 1. The van der Waals surface area contributed by atoms with Gasteiger partial charge in [-0.1, -0.05) is 49.2 Å². The van der Waals surface area contributed by atoms with Crippen LogP contribution in [0, 0.1) is 11.8 Å². The Kier molecular flexibility index (Phi) is 5.17. The monoisotopic (exact) mass is 448 g/mol. The van der Waals surface area contributed by atoms with Crippen LogP contribution in [0.5, 0.6) is 0 Å². The van der Waals surface area contributed by atoms with Gasteiger partial charge in [0.25, 0.3) is 0 Å². The number of imide groups is 1. The fraction of sp³-hybridized carbons (Fsp3) is 0.346. The van der Waals surface area contributed by atoms with Gasteiger partial charge in [-0.2, -0.15) is 0 Å². The topological polar surface area (TPSA) is 57.7 Å². The number of carbonyl (C=O) groups excluding carboxylic acids is 3. The molecule has 0 spiro atoms. The molecule has 32 heavy (non-hydrogen) atoms. The number of hydrogen-bond acceptors (Lipinski definition) is 4. The number of nitrogens with zero attached hydrogens (tertiary/aromatic N) is 2. The van der Waals surface area contributed by atoms with Crippen molar-refractivity contribution in [1.29, 1.82) is 0 Å². The van der Waals surface area contributed by atoms with Gasteiger partial charge in [-0.25, -0.2) is 0 Å². The third kappa shape index (κ3) is 3.02. The fourth-order valence-electron chi connectivity index (χ4n) is 5.48. The number of unbranched alkanes of at least 4 members (excludes halogenated alkanes) is 1. The number of likely N-dealkylation sites (tertiary alicyclic amines) is 1. The van der Waals surface area contributed by atoms with Gasteiger partial charge >= 0.3 is 0 Å². The lowest BCUT2D eigenvalue weighted by Crippen LogP contribution is -2.49. The Morgan fingerprint density at radius 3 is 2.41 bits per heavy atom. The normalized spacial score (nSPS) is 26.0. The smallest absolute Gasteiger partial charge is 0.235 e. The summed E-state index contributed by atoms with van der Waals surface area (Å²) in [6, 6.07) is 13.6. The van der Waals surface area contributed by atoms with Gasteiger partial charge in [0, 0.05) is 28.4 Å². The van der Waals surface area contributed by atoms with Crippen LogP contribution in [-0.2, 0) is 9.59 Å². The SMILES string of the molecule is CCCCN1C(=O)[C@@H]2[C@H](C1=O)[C@H]1C=C(C)c3ccccc3N1[C@H]2C(=O)c1ccc(Cl)cc1. The van der Waals surface area contributed by atoms with Crippen molar-refractivity contribution in [3.05, 3.63) is 70.8 Å². The molecule has 5 nitrogen and oxygen atoms in total. The number of anilines is 1. The Labute approximate surface area is 192 Å². The minimum absolute atomic E-state index is 0.152. The highest BCUT2D eigenvalue weighted by Gasteiger charge is 2.64. The van der Waals surface area contributed by atoms with E-state index in [0.717, 1.165) is 29.7 Å². The number of fused-ring (bicyclic) bond motifs is 5. The van der Waals surface area contributed by atoms with E-state index in [1.165, 1.54) is 4.90 Å². The molecule has 0 aromatic heterocycles. The number of rotatable bonds is 5. The zero-order chi connectivity index (χ0) is 22.6. The van der Waals surface area contributed by atoms with Crippen molar-refractivity contribution in [2.45, 2.75) is 38.8 Å². The molecule has 0 aliphatic carbocycles. The molecule has 0 bridgehead atoms. The standard InChI is InChI=1S/C26H25ClN2O3/c1-3-4-13-28-25(31)21-20-14-15(2)18-7-5-6-8-19(18)29(20)23(22(21)26(28)32)24(30)16-9-11-17(27)12-10-16/h5-12,14,20-23H,3-4,13H2,1-2H3/t20-,21-,22-,23-/m1/s1. The molecule has 2 amide bonds. The maximum absolute atomic E-state index is 13.8. The maximum Gasteiger partial charge on any atom is 0.235 e. The summed E-state index contributed by atoms with van der Waals surface area (Å²) in [6.07, 6.45) is 3.71. The average molecular weight is 449 g/mol. The first-order chi connectivity index (χ1) is 15.4. The molecule has 2 saturated heterocycles. The molecule has 2 fully saturated rings. The van der Waals surface area contributed by atoms with E-state index in [0.29, 0.717) is 17.1 Å². The maximum atomic E-state index is 13.8. The van der Waals surface area contributed by atoms with Gasteiger partial charge in [0.1, 0.15) is 6.04 Å². The van der Waals surface area contributed by atoms with E-state index in [4.69, 9.17) is 11.6 Å². The van der Waals surface area contributed by atoms with Crippen LogP contribution in [0.2, 0.25) is 5.02 Å². The van der Waals surface area contributed by atoms with Gasteiger partial charge in [0.15, 0.2) is 5.78 Å². The number of carbonyl (C=O) groups is 3. The highest BCUT2D eigenvalue weighted by atomic mass is 35.5. The van der Waals surface area contributed by atoms with Gasteiger partial charge < -0.3 is 4.90 Å². The summed E-state index contributed by atoms with van der Waals surface area (Å²) in [5.41, 5.74) is 3.49. The van der Waals surface area contributed by atoms with Crippen molar-refractivity contribution < 1.29 is 14.4 Å². The van der Waals surface area contributed by atoms with Gasteiger partial charge in [-0.3, -0.25) is 19.3 Å². The fourth-order valence-corrected chi connectivity index (χ4v) is 5.61. The zero-order valence-corrected chi connectivity index (χ0v) is 18.9. The van der Waals surface area contributed by atoms with Gasteiger partial charge in [0.2, 0.25) is 11.8 Å². The third-order valence-corrected chi connectivity index (χ3v) is 7.23. The molecule has 3 aliphatic rings. The molecule has 0 saturated carbocycles. The number of allylic oxidation sites excluding steroid dienone is 1. The van der Waals surface area contributed by atoms with Crippen LogP contribution >= 0.6 is 11.6 Å². The molecule has 2 aromatic rings. The Bertz CT molecular complexity index is 1140. The van der Waals surface area contributed by atoms with E-state index in [1.807, 2.05) is 43.0 Å². The van der Waals surface area contributed by atoms with Crippen molar-refractivity contribution in [2.75, 3.05) is 11.4 Å². The summed E-state index contributed by atoms with van der Waals surface area (Å²) in [7, 11) is 0. The van der Waals surface area contributed by atoms with E-state index in [2.05, 4.69) is 6.08 Å². The second-order valence-electron chi connectivity index (χ2n) is 8.81. The molecular weight excluding hydrogens is 424 g/mol. The van der Waals surface area contributed by atoms with E-state index < -0.39 is 17.9 Å². The molecule has 6 heteroatoms. The minimum Gasteiger partial charge on any atom is -0.352 e. The van der Waals surface area contributed by atoms with Crippen molar-refractivity contribution >= 4 is 40.5 Å². The predicted molar refractivity (Wildman–Crippen MR) is 125 cm³/mol. The second-order valence-corrected chi connectivity index (χ2v) is 9.25. The number of para-hydroxylation sites is 1. The van der Waals surface area contributed by atoms with Crippen LogP contribution in [0.3, 0.4) is 0 Å². The first-order valence-electron chi connectivity index (χ1n) is 11.1. The Morgan fingerprint density at radius 1 is 1.00 bits per heavy atom. The number of halogens is 1. The van der Waals surface area contributed by atoms with Crippen LogP contribution in [0.25, 0.3) is 5.57 Å². The first kappa shape index (κ1) is 21.0. The molecule has 3 aliphatic heterocycles. The summed E-state index contributed by atoms with van der Waals surface area (Å²) >= 11 is 6.03. The number of Topliss-reactive ketones (excluding diaryl/α,β-unsaturated/α-hetero) is 1. The van der Waals surface area contributed by atoms with Crippen molar-refractivity contribution in [3.8, 4) is 0 Å². The van der Waals surface area contributed by atoms with E-state index >= 15 is 0 Å². The molecule has 2 aromatic carbocycles. The molecule has 164 valence electrons. The molecule has 0 N–H and O–H groups in total. The van der Waals surface area contributed by atoms with Crippen molar-refractivity contribution in [2.24, 2.45) is 11.8 Å². The highest BCUT2D eigenvalue weighted by molar-refractivity contribution is 6.30. The van der Waals surface area contributed by atoms with Crippen LogP contribution in [-0.4, -0.2) is 41.1 Å². The summed E-state index contributed by atoms with van der Waals surface area (Å²) < 4.78 is 0. The molecular formula is C26H25ClN2O3. The second kappa shape index (κ2) is 7.89. The zero-order valence-electron chi connectivity index (χ0n) is 18.1. The largest absolute Gasteiger partial charge is 0.352 e. The lowest BCUT2D eigenvalue weighted by molar-refractivity contribution is -0.140. The molecule has 0 radical (unpaired) electrons. The van der Waals surface area contributed by atoms with E-state index in [-0.39, 0.29) is 23.6 Å². The van der Waals surface area contributed by atoms with Crippen LogP contribution in [0.1, 0.15) is 42.6 Å². The van der Waals surface area contributed by atoms with Gasteiger partial charge in [-0.15, -0.1) is 0 Å². The third-order valence-electron chi connectivity index (χ3n) is 6.98. The van der Waals surface area contributed by atoms with Crippen LogP contribution < -0.4 is 4.90 Å². The number of hydrogen-bond donors (Lipinski definition) is 0. The summed E-state index contributed by atoms with van der Waals surface area (Å²) in [5.74, 6) is -1.77. The van der Waals surface area contributed by atoms with E-state index in [9.17, 15) is 14.4 Å². The van der Waals surface area contributed by atoms with Crippen molar-refractivity contribution in [1.82, 2.24) is 4.90 Å².